The van der Waals surface area contributed by atoms with Crippen LogP contribution in [0.4, 0.5) is 0 Å². The first-order valence-electron chi connectivity index (χ1n) is 6.23. The zero-order chi connectivity index (χ0) is 13.4. The molecule has 0 radical (unpaired) electrons. The van der Waals surface area contributed by atoms with Gasteiger partial charge in [-0.2, -0.15) is 0 Å². The third-order valence-corrected chi connectivity index (χ3v) is 2.61. The van der Waals surface area contributed by atoms with Gasteiger partial charge in [0, 0.05) is 19.2 Å². The Hall–Kier alpha value is -1.55. The first-order valence-corrected chi connectivity index (χ1v) is 6.23. The molecule has 18 heavy (non-hydrogen) atoms. The number of aliphatic hydroxyl groups excluding tert-OH is 1. The Bertz CT molecular complexity index is 351. The molecule has 0 bridgehead atoms. The van der Waals surface area contributed by atoms with E-state index in [0.29, 0.717) is 18.7 Å². The Kier molecular flexibility index (Phi) is 6.22. The number of hydrogen-bond donors (Lipinski definition) is 1. The van der Waals surface area contributed by atoms with E-state index in [4.69, 9.17) is 9.84 Å². The maximum Gasteiger partial charge on any atom is 0.260 e. The smallest absolute Gasteiger partial charge is 0.260 e. The van der Waals surface area contributed by atoms with Gasteiger partial charge in [-0.25, -0.2) is 0 Å². The first kappa shape index (κ1) is 14.5. The zero-order valence-electron chi connectivity index (χ0n) is 11.0. The third-order valence-electron chi connectivity index (χ3n) is 2.61. The van der Waals surface area contributed by atoms with E-state index in [0.717, 1.165) is 0 Å². The number of carbonyl (C=O) groups excluding carboxylic acids is 1. The predicted molar refractivity (Wildman–Crippen MR) is 70.5 cm³/mol. The largest absolute Gasteiger partial charge is 0.484 e. The Balaban J connectivity index is 2.46. The molecule has 4 nitrogen and oxygen atoms in total. The molecule has 0 aliphatic heterocycles. The number of amides is 1. The highest BCUT2D eigenvalue weighted by atomic mass is 16.5. The molecule has 100 valence electrons. The molecule has 1 aromatic rings. The molecule has 0 fully saturated rings. The normalized spacial score (nSPS) is 10.4. The quantitative estimate of drug-likeness (QED) is 0.802. The number of carbonyl (C=O) groups is 1. The molecule has 0 atom stereocenters. The Morgan fingerprint density at radius 2 is 2.00 bits per heavy atom. The van der Waals surface area contributed by atoms with Gasteiger partial charge in [-0.1, -0.05) is 18.2 Å². The Morgan fingerprint density at radius 3 is 2.56 bits per heavy atom. The van der Waals surface area contributed by atoms with Gasteiger partial charge in [-0.15, -0.1) is 0 Å². The van der Waals surface area contributed by atoms with Crippen molar-refractivity contribution in [2.45, 2.75) is 26.3 Å². The van der Waals surface area contributed by atoms with E-state index >= 15 is 0 Å². The monoisotopic (exact) mass is 251 g/mol. The molecular weight excluding hydrogens is 230 g/mol. The molecular formula is C14H21NO3. The van der Waals surface area contributed by atoms with Crippen molar-refractivity contribution in [2.75, 3.05) is 19.8 Å². The average molecular weight is 251 g/mol. The van der Waals surface area contributed by atoms with Crippen molar-refractivity contribution in [1.82, 2.24) is 4.90 Å². The first-order chi connectivity index (χ1) is 8.65. The summed E-state index contributed by atoms with van der Waals surface area (Å²) in [6, 6.07) is 9.39. The van der Waals surface area contributed by atoms with E-state index in [9.17, 15) is 4.79 Å². The molecule has 0 saturated heterocycles. The van der Waals surface area contributed by atoms with Gasteiger partial charge in [0.1, 0.15) is 5.75 Å². The van der Waals surface area contributed by atoms with Crippen molar-refractivity contribution >= 4 is 5.91 Å². The van der Waals surface area contributed by atoms with Gasteiger partial charge in [0.2, 0.25) is 0 Å². The fraction of sp³-hybridized carbons (Fsp3) is 0.500. The highest BCUT2D eigenvalue weighted by Gasteiger charge is 2.16. The molecule has 4 heteroatoms. The summed E-state index contributed by atoms with van der Waals surface area (Å²) in [6.07, 6.45) is 0.593. The lowest BCUT2D eigenvalue weighted by Crippen LogP contribution is -2.40. The summed E-state index contributed by atoms with van der Waals surface area (Å²) in [6.45, 7) is 4.60. The van der Waals surface area contributed by atoms with E-state index < -0.39 is 0 Å². The maximum atomic E-state index is 12.0. The minimum Gasteiger partial charge on any atom is -0.484 e. The van der Waals surface area contributed by atoms with Gasteiger partial charge in [0.25, 0.3) is 5.91 Å². The van der Waals surface area contributed by atoms with Crippen LogP contribution in [0.2, 0.25) is 0 Å². The summed E-state index contributed by atoms with van der Waals surface area (Å²) < 4.78 is 5.43. The lowest BCUT2D eigenvalue weighted by molar-refractivity contribution is -0.135. The van der Waals surface area contributed by atoms with Crippen molar-refractivity contribution in [3.63, 3.8) is 0 Å². The molecule has 0 aliphatic rings. The van der Waals surface area contributed by atoms with E-state index in [1.54, 1.807) is 4.90 Å². The third kappa shape index (κ3) is 4.75. The topological polar surface area (TPSA) is 49.8 Å². The second kappa shape index (κ2) is 7.71. The van der Waals surface area contributed by atoms with E-state index in [1.807, 2.05) is 44.2 Å². The summed E-state index contributed by atoms with van der Waals surface area (Å²) in [5.41, 5.74) is 0. The highest BCUT2D eigenvalue weighted by Crippen LogP contribution is 2.09. The van der Waals surface area contributed by atoms with Crippen LogP contribution in [0.25, 0.3) is 0 Å². The number of rotatable bonds is 7. The minimum absolute atomic E-state index is 0.0353. The van der Waals surface area contributed by atoms with Crippen LogP contribution in [-0.2, 0) is 4.79 Å². The zero-order valence-corrected chi connectivity index (χ0v) is 11.0. The van der Waals surface area contributed by atoms with E-state index in [1.165, 1.54) is 0 Å². The van der Waals surface area contributed by atoms with E-state index in [-0.39, 0.29) is 25.2 Å². The van der Waals surface area contributed by atoms with Crippen molar-refractivity contribution in [3.8, 4) is 5.75 Å². The Morgan fingerprint density at radius 1 is 1.33 bits per heavy atom. The molecule has 0 saturated carbocycles. The van der Waals surface area contributed by atoms with Gasteiger partial charge in [-0.3, -0.25) is 4.79 Å². The molecule has 1 amide bonds. The van der Waals surface area contributed by atoms with Crippen LogP contribution in [0.5, 0.6) is 5.75 Å². The fourth-order valence-electron chi connectivity index (χ4n) is 1.66. The van der Waals surface area contributed by atoms with Crippen molar-refractivity contribution in [2.24, 2.45) is 0 Å². The summed E-state index contributed by atoms with van der Waals surface area (Å²) in [7, 11) is 0. The standard InChI is InChI=1S/C14H21NO3/c1-12(2)15(9-6-10-16)14(17)11-18-13-7-4-3-5-8-13/h3-5,7-8,12,16H,6,9-11H2,1-2H3. The number of nitrogens with zero attached hydrogens (tertiary/aromatic N) is 1. The number of benzene rings is 1. The summed E-state index contributed by atoms with van der Waals surface area (Å²) >= 11 is 0. The van der Waals surface area contributed by atoms with Crippen LogP contribution >= 0.6 is 0 Å². The second-order valence-electron chi connectivity index (χ2n) is 4.36. The van der Waals surface area contributed by atoms with Gasteiger partial charge in [0.05, 0.1) is 0 Å². The molecule has 1 aromatic carbocycles. The Labute approximate surface area is 108 Å². The molecule has 0 spiro atoms. The molecule has 0 aliphatic carbocycles. The summed E-state index contributed by atoms with van der Waals surface area (Å²) in [5.74, 6) is 0.638. The molecule has 1 rings (SSSR count). The van der Waals surface area contributed by atoms with Gasteiger partial charge in [-0.05, 0) is 32.4 Å². The van der Waals surface area contributed by atoms with Crippen LogP contribution in [0.3, 0.4) is 0 Å². The number of aliphatic hydroxyl groups is 1. The fourth-order valence-corrected chi connectivity index (χ4v) is 1.66. The lowest BCUT2D eigenvalue weighted by atomic mass is 10.3. The van der Waals surface area contributed by atoms with Crippen LogP contribution in [-0.4, -0.2) is 41.7 Å². The van der Waals surface area contributed by atoms with Crippen molar-refractivity contribution < 1.29 is 14.6 Å². The van der Waals surface area contributed by atoms with Crippen LogP contribution in [0, 0.1) is 0 Å². The van der Waals surface area contributed by atoms with Gasteiger partial charge < -0.3 is 14.7 Å². The summed E-state index contributed by atoms with van der Waals surface area (Å²) in [5, 5.41) is 8.82. The van der Waals surface area contributed by atoms with Crippen LogP contribution in [0.1, 0.15) is 20.3 Å². The number of para-hydroxylation sites is 1. The van der Waals surface area contributed by atoms with Crippen LogP contribution in [0.15, 0.2) is 30.3 Å². The van der Waals surface area contributed by atoms with Gasteiger partial charge >= 0.3 is 0 Å². The van der Waals surface area contributed by atoms with Crippen molar-refractivity contribution in [1.29, 1.82) is 0 Å². The number of ether oxygens (including phenoxy) is 1. The molecule has 0 heterocycles. The van der Waals surface area contributed by atoms with E-state index in [2.05, 4.69) is 0 Å². The minimum atomic E-state index is -0.0534. The van der Waals surface area contributed by atoms with Gasteiger partial charge in [0.15, 0.2) is 6.61 Å². The maximum absolute atomic E-state index is 12.0. The predicted octanol–water partition coefficient (Wildman–Crippen LogP) is 1.68. The average Bonchev–Trinajstić information content (AvgIpc) is 2.37. The summed E-state index contributed by atoms with van der Waals surface area (Å²) in [4.78, 5) is 13.7. The molecule has 0 unspecified atom stereocenters. The lowest BCUT2D eigenvalue weighted by Gasteiger charge is -2.26. The molecule has 1 N–H and O–H groups in total. The SMILES string of the molecule is CC(C)N(CCCO)C(=O)COc1ccccc1. The van der Waals surface area contributed by atoms with Crippen molar-refractivity contribution in [3.05, 3.63) is 30.3 Å². The van der Waals surface area contributed by atoms with Crippen LogP contribution < -0.4 is 4.74 Å². The number of hydrogen-bond acceptors (Lipinski definition) is 3. The molecule has 0 aromatic heterocycles. The highest BCUT2D eigenvalue weighted by molar-refractivity contribution is 5.78. The second-order valence-corrected chi connectivity index (χ2v) is 4.36.